The molecule has 1 aliphatic heterocycles. The van der Waals surface area contributed by atoms with Gasteiger partial charge in [-0.25, -0.2) is 0 Å². The van der Waals surface area contributed by atoms with Crippen LogP contribution in [0.15, 0.2) is 48.5 Å². The second-order valence-corrected chi connectivity index (χ2v) is 5.92. The summed E-state index contributed by atoms with van der Waals surface area (Å²) in [5.74, 6) is 0.899. The number of rotatable bonds is 4. The van der Waals surface area contributed by atoms with E-state index in [0.717, 1.165) is 44.0 Å². The smallest absolute Gasteiger partial charge is 0.119 e. The first-order valence-corrected chi connectivity index (χ1v) is 8.00. The minimum Gasteiger partial charge on any atom is -0.497 e. The predicted molar refractivity (Wildman–Crippen MR) is 90.8 cm³/mol. The first-order valence-electron chi connectivity index (χ1n) is 8.00. The number of nitrogens with zero attached hydrogens (tertiary/aromatic N) is 2. The molecule has 1 aliphatic rings. The Bertz CT molecular complexity index is 683. The first kappa shape index (κ1) is 15.4. The molecular formula is C19H22N3O+. The van der Waals surface area contributed by atoms with E-state index in [1.165, 1.54) is 11.3 Å². The van der Waals surface area contributed by atoms with Gasteiger partial charge in [-0.05, 0) is 36.4 Å². The molecule has 118 valence electrons. The fraction of sp³-hybridized carbons (Fsp3) is 0.316. The number of methoxy groups -OCH3 is 1. The van der Waals surface area contributed by atoms with E-state index in [-0.39, 0.29) is 0 Å². The van der Waals surface area contributed by atoms with Crippen LogP contribution in [0.2, 0.25) is 0 Å². The Morgan fingerprint density at radius 3 is 2.52 bits per heavy atom. The lowest BCUT2D eigenvalue weighted by atomic mass is 10.1. The quantitative estimate of drug-likeness (QED) is 0.930. The van der Waals surface area contributed by atoms with Gasteiger partial charge in [0.1, 0.15) is 12.3 Å². The maximum atomic E-state index is 8.99. The third kappa shape index (κ3) is 3.82. The summed E-state index contributed by atoms with van der Waals surface area (Å²) in [4.78, 5) is 4.00. The third-order valence-electron chi connectivity index (χ3n) is 4.42. The summed E-state index contributed by atoms with van der Waals surface area (Å²) in [6, 6.07) is 18.4. The summed E-state index contributed by atoms with van der Waals surface area (Å²) >= 11 is 0. The van der Waals surface area contributed by atoms with Crippen LogP contribution in [0.4, 0.5) is 5.69 Å². The molecule has 0 aromatic heterocycles. The molecule has 3 rings (SSSR count). The van der Waals surface area contributed by atoms with Gasteiger partial charge in [0, 0.05) is 11.3 Å². The fourth-order valence-electron chi connectivity index (χ4n) is 3.09. The van der Waals surface area contributed by atoms with Gasteiger partial charge in [0.25, 0.3) is 0 Å². The Kier molecular flexibility index (Phi) is 4.80. The topological polar surface area (TPSA) is 40.7 Å². The van der Waals surface area contributed by atoms with Crippen molar-refractivity contribution in [3.8, 4) is 11.8 Å². The van der Waals surface area contributed by atoms with Gasteiger partial charge in [-0.2, -0.15) is 5.26 Å². The molecule has 1 fully saturated rings. The average molecular weight is 308 g/mol. The summed E-state index contributed by atoms with van der Waals surface area (Å²) in [5, 5.41) is 8.99. The predicted octanol–water partition coefficient (Wildman–Crippen LogP) is 1.47. The molecule has 1 N–H and O–H groups in total. The van der Waals surface area contributed by atoms with Crippen LogP contribution >= 0.6 is 0 Å². The molecular weight excluding hydrogens is 286 g/mol. The van der Waals surface area contributed by atoms with E-state index in [1.54, 1.807) is 12.0 Å². The fourth-order valence-corrected chi connectivity index (χ4v) is 3.09. The van der Waals surface area contributed by atoms with Crippen molar-refractivity contribution in [2.45, 2.75) is 6.54 Å². The zero-order chi connectivity index (χ0) is 16.1. The van der Waals surface area contributed by atoms with Crippen molar-refractivity contribution in [2.24, 2.45) is 0 Å². The van der Waals surface area contributed by atoms with Crippen LogP contribution in [-0.4, -0.2) is 33.3 Å². The van der Waals surface area contributed by atoms with Gasteiger partial charge < -0.3 is 14.5 Å². The Balaban J connectivity index is 1.56. The number of nitrogens with one attached hydrogen (secondary N) is 1. The molecule has 0 aliphatic carbocycles. The third-order valence-corrected chi connectivity index (χ3v) is 4.42. The van der Waals surface area contributed by atoms with Crippen LogP contribution in [0.1, 0.15) is 11.1 Å². The summed E-state index contributed by atoms with van der Waals surface area (Å²) in [5.41, 5.74) is 3.26. The molecule has 0 unspecified atom stereocenters. The highest BCUT2D eigenvalue weighted by atomic mass is 16.5. The van der Waals surface area contributed by atoms with Gasteiger partial charge in [0.05, 0.1) is 44.9 Å². The normalized spacial score (nSPS) is 15.2. The summed E-state index contributed by atoms with van der Waals surface area (Å²) < 4.78 is 5.21. The number of piperazine rings is 1. The lowest BCUT2D eigenvalue weighted by Gasteiger charge is -2.33. The zero-order valence-corrected chi connectivity index (χ0v) is 13.5. The molecule has 0 bridgehead atoms. The van der Waals surface area contributed by atoms with E-state index in [2.05, 4.69) is 29.2 Å². The molecule has 0 radical (unpaired) electrons. The molecule has 1 heterocycles. The lowest BCUT2D eigenvalue weighted by Crippen LogP contribution is -3.13. The second kappa shape index (κ2) is 7.17. The molecule has 0 amide bonds. The summed E-state index contributed by atoms with van der Waals surface area (Å²) in [6.45, 7) is 5.33. The van der Waals surface area contributed by atoms with Crippen LogP contribution in [0.25, 0.3) is 0 Å². The molecule has 2 aromatic rings. The summed E-state index contributed by atoms with van der Waals surface area (Å²) in [7, 11) is 1.69. The van der Waals surface area contributed by atoms with Crippen LogP contribution in [0.5, 0.6) is 5.75 Å². The highest BCUT2D eigenvalue weighted by molar-refractivity contribution is 5.49. The van der Waals surface area contributed by atoms with Gasteiger partial charge in [-0.1, -0.05) is 12.1 Å². The average Bonchev–Trinajstić information content (AvgIpc) is 2.63. The minimum atomic E-state index is 0.749. The van der Waals surface area contributed by atoms with Gasteiger partial charge in [0.2, 0.25) is 0 Å². The Morgan fingerprint density at radius 2 is 1.87 bits per heavy atom. The standard InChI is InChI=1S/C19H21N3O/c1-23-19-7-5-18(6-8-19)22-11-9-21(10-12-22)15-17-4-2-3-16(13-17)14-20/h2-8,13H,9-12,15H2,1H3/p+1. The molecule has 0 atom stereocenters. The van der Waals surface area contributed by atoms with E-state index >= 15 is 0 Å². The van der Waals surface area contributed by atoms with Gasteiger partial charge >= 0.3 is 0 Å². The van der Waals surface area contributed by atoms with Crippen molar-refractivity contribution in [2.75, 3.05) is 38.2 Å². The number of hydrogen-bond donors (Lipinski definition) is 1. The highest BCUT2D eigenvalue weighted by Crippen LogP contribution is 2.19. The van der Waals surface area contributed by atoms with E-state index < -0.39 is 0 Å². The van der Waals surface area contributed by atoms with Crippen molar-refractivity contribution < 1.29 is 9.64 Å². The van der Waals surface area contributed by atoms with E-state index in [9.17, 15) is 0 Å². The van der Waals surface area contributed by atoms with Gasteiger partial charge in [0.15, 0.2) is 0 Å². The number of quaternary nitrogens is 1. The van der Waals surface area contributed by atoms with E-state index in [1.807, 2.05) is 30.3 Å². The molecule has 1 saturated heterocycles. The molecule has 0 saturated carbocycles. The second-order valence-electron chi connectivity index (χ2n) is 5.92. The number of hydrogen-bond acceptors (Lipinski definition) is 3. The SMILES string of the molecule is COc1ccc(N2CC[NH+](Cc3cccc(C#N)c3)CC2)cc1. The Labute approximate surface area is 137 Å². The molecule has 0 spiro atoms. The molecule has 2 aromatic carbocycles. The van der Waals surface area contributed by atoms with Crippen molar-refractivity contribution in [1.82, 2.24) is 0 Å². The van der Waals surface area contributed by atoms with Gasteiger partial charge in [-0.15, -0.1) is 0 Å². The maximum Gasteiger partial charge on any atom is 0.119 e. The zero-order valence-electron chi connectivity index (χ0n) is 13.5. The largest absolute Gasteiger partial charge is 0.497 e. The van der Waals surface area contributed by atoms with Crippen molar-refractivity contribution in [3.05, 3.63) is 59.7 Å². The van der Waals surface area contributed by atoms with Crippen LogP contribution in [0, 0.1) is 11.3 Å². The highest BCUT2D eigenvalue weighted by Gasteiger charge is 2.20. The summed E-state index contributed by atoms with van der Waals surface area (Å²) in [6.07, 6.45) is 0. The Hall–Kier alpha value is -2.51. The number of nitriles is 1. The van der Waals surface area contributed by atoms with Crippen molar-refractivity contribution in [3.63, 3.8) is 0 Å². The van der Waals surface area contributed by atoms with Crippen LogP contribution < -0.4 is 14.5 Å². The maximum absolute atomic E-state index is 8.99. The number of anilines is 1. The lowest BCUT2D eigenvalue weighted by molar-refractivity contribution is -0.914. The van der Waals surface area contributed by atoms with Gasteiger partial charge in [-0.3, -0.25) is 0 Å². The van der Waals surface area contributed by atoms with E-state index in [0.29, 0.717) is 0 Å². The van der Waals surface area contributed by atoms with E-state index in [4.69, 9.17) is 10.00 Å². The van der Waals surface area contributed by atoms with Crippen LogP contribution in [0.3, 0.4) is 0 Å². The minimum absolute atomic E-state index is 0.749. The monoisotopic (exact) mass is 308 g/mol. The van der Waals surface area contributed by atoms with Crippen molar-refractivity contribution in [1.29, 1.82) is 5.26 Å². The molecule has 4 nitrogen and oxygen atoms in total. The molecule has 23 heavy (non-hydrogen) atoms. The molecule has 4 heteroatoms. The van der Waals surface area contributed by atoms with Crippen molar-refractivity contribution >= 4 is 5.69 Å². The Morgan fingerprint density at radius 1 is 1.13 bits per heavy atom. The van der Waals surface area contributed by atoms with Crippen LogP contribution in [-0.2, 0) is 6.54 Å². The number of ether oxygens (including phenoxy) is 1. The number of benzene rings is 2. The first-order chi connectivity index (χ1) is 11.3.